The van der Waals surface area contributed by atoms with E-state index in [1.54, 1.807) is 0 Å². The van der Waals surface area contributed by atoms with E-state index in [1.807, 2.05) is 0 Å². The second kappa shape index (κ2) is 19.5. The van der Waals surface area contributed by atoms with Crippen LogP contribution in [-0.4, -0.2) is 45.7 Å². The Balaban J connectivity index is -0.00000000500. The van der Waals surface area contributed by atoms with Crippen LogP contribution in [0, 0.1) is 0 Å². The molecule has 0 bridgehead atoms. The topological polar surface area (TPSA) is 0 Å². The summed E-state index contributed by atoms with van der Waals surface area (Å²) in [4.78, 5) is 0. The third kappa shape index (κ3) is 8.94. The summed E-state index contributed by atoms with van der Waals surface area (Å²) in [6, 6.07) is 0. The molecule has 0 unspecified atom stereocenters. The van der Waals surface area contributed by atoms with Crippen LogP contribution in [0.5, 0.6) is 0 Å². The van der Waals surface area contributed by atoms with Gasteiger partial charge >= 0.3 is 28.4 Å². The molecule has 31 valence electrons. The van der Waals surface area contributed by atoms with Crippen molar-refractivity contribution in [3.8, 4) is 0 Å². The fraction of sp³-hybridized carbons (Fsp3) is 0. The molecule has 0 aromatic rings. The van der Waals surface area contributed by atoms with E-state index in [1.165, 1.54) is 0 Å². The van der Waals surface area contributed by atoms with Crippen LogP contribution in [0.25, 0.3) is 0 Å². The molecular weight excluding hydrogens is 248 g/mol. The van der Waals surface area contributed by atoms with Crippen LogP contribution < -0.4 is 0 Å². The van der Waals surface area contributed by atoms with E-state index in [-0.39, 0.29) is 34.4 Å². The molecular formula is H5AlCuSe2. The predicted molar refractivity (Wildman–Crippen MR) is 24.2 cm³/mol. The Morgan fingerprint density at radius 3 is 1.00 bits per heavy atom. The molecule has 0 aromatic heterocycles. The van der Waals surface area contributed by atoms with Gasteiger partial charge in [-0.3, -0.25) is 0 Å². The Kier molecular flexibility index (Phi) is 80.5. The van der Waals surface area contributed by atoms with Crippen molar-refractivity contribution in [2.24, 2.45) is 0 Å². The van der Waals surface area contributed by atoms with E-state index in [4.69, 9.17) is 0 Å². The first-order valence-electron chi connectivity index (χ1n) is 0.200. The molecule has 0 rings (SSSR count). The average molecular weight is 253 g/mol. The van der Waals surface area contributed by atoms with Gasteiger partial charge in [0.05, 0.1) is 0 Å². The van der Waals surface area contributed by atoms with Crippen molar-refractivity contribution in [2.45, 2.75) is 0 Å². The maximum absolute atomic E-state index is 2.25. The SMILES string of the molecule is [AlH3].[Cu].[SeH][SeH]. The van der Waals surface area contributed by atoms with E-state index in [0.717, 1.165) is 0 Å². The van der Waals surface area contributed by atoms with E-state index in [0.29, 0.717) is 0 Å². The van der Waals surface area contributed by atoms with Gasteiger partial charge in [-0.05, 0) is 0 Å². The molecule has 0 spiro atoms. The zero-order chi connectivity index (χ0) is 2.00. The van der Waals surface area contributed by atoms with Gasteiger partial charge in [0.1, 0.15) is 0 Å². The minimum atomic E-state index is 0. The Hall–Kier alpha value is 2.09. The molecule has 0 aliphatic heterocycles. The third-order valence-corrected chi connectivity index (χ3v) is 0. The molecule has 0 aromatic carbocycles. The van der Waals surface area contributed by atoms with Gasteiger partial charge in [0, 0.05) is 17.1 Å². The van der Waals surface area contributed by atoms with Gasteiger partial charge in [-0.2, -0.15) is 0 Å². The van der Waals surface area contributed by atoms with Crippen molar-refractivity contribution in [3.63, 3.8) is 0 Å². The summed E-state index contributed by atoms with van der Waals surface area (Å²) in [6.45, 7) is 0. The van der Waals surface area contributed by atoms with E-state index >= 15 is 0 Å². The summed E-state index contributed by atoms with van der Waals surface area (Å²) in [5, 5.41) is 0. The van der Waals surface area contributed by atoms with Gasteiger partial charge in [-0.25, -0.2) is 0 Å². The van der Waals surface area contributed by atoms with Crippen LogP contribution in [0.4, 0.5) is 0 Å². The number of hydrogen-bond acceptors (Lipinski definition) is 0. The van der Waals surface area contributed by atoms with Gasteiger partial charge < -0.3 is 0 Å². The van der Waals surface area contributed by atoms with Gasteiger partial charge in [-0.1, -0.05) is 0 Å². The molecule has 0 aliphatic carbocycles. The standard InChI is InChI=1S/Al.Cu.H2Se2.3H/c;;1-2;;;/h;;1-2H;;;. The molecule has 0 aliphatic rings. The Morgan fingerprint density at radius 1 is 1.00 bits per heavy atom. The van der Waals surface area contributed by atoms with Gasteiger partial charge in [0.2, 0.25) is 0 Å². The predicted octanol–water partition coefficient (Wildman–Crippen LogP) is -2.48. The minimum absolute atomic E-state index is 0. The molecule has 0 atom stereocenters. The van der Waals surface area contributed by atoms with Crippen LogP contribution in [0.1, 0.15) is 0 Å². The first-order valence-corrected chi connectivity index (χ1v) is 5.40. The molecule has 1 radical (unpaired) electrons. The van der Waals surface area contributed by atoms with Crippen molar-refractivity contribution < 1.29 is 17.1 Å². The molecule has 0 heterocycles. The summed E-state index contributed by atoms with van der Waals surface area (Å²) in [5.41, 5.74) is 0. The second-order valence-corrected chi connectivity index (χ2v) is 0. The number of hydrogen-bond donors (Lipinski definition) is 0. The van der Waals surface area contributed by atoms with Crippen molar-refractivity contribution in [2.75, 3.05) is 0 Å². The van der Waals surface area contributed by atoms with Crippen LogP contribution in [0.15, 0.2) is 0 Å². The molecule has 4 heteroatoms. The normalized spacial score (nSPS) is 1.50. The molecule has 0 saturated heterocycles. The first-order chi connectivity index (χ1) is 1.00. The zero-order valence-corrected chi connectivity index (χ0v) is 5.89. The van der Waals surface area contributed by atoms with Crippen molar-refractivity contribution >= 4 is 45.7 Å². The van der Waals surface area contributed by atoms with Gasteiger partial charge in [0.25, 0.3) is 0 Å². The third-order valence-electron chi connectivity index (χ3n) is 0. The zero-order valence-electron chi connectivity index (χ0n) is 1.20. The van der Waals surface area contributed by atoms with Crippen LogP contribution in [0.2, 0.25) is 0 Å². The van der Waals surface area contributed by atoms with Crippen LogP contribution in [-0.2, 0) is 17.1 Å². The second-order valence-electron chi connectivity index (χ2n) is 0. The Bertz CT molecular complexity index is 6.00. The molecule has 0 nitrogen and oxygen atoms in total. The van der Waals surface area contributed by atoms with Crippen molar-refractivity contribution in [3.05, 3.63) is 0 Å². The Morgan fingerprint density at radius 2 is 1.00 bits per heavy atom. The summed E-state index contributed by atoms with van der Waals surface area (Å²) in [7, 11) is 0. The first kappa shape index (κ1) is 16.5. The maximum atomic E-state index is 2.25. The molecule has 0 amide bonds. The fourth-order valence-electron chi connectivity index (χ4n) is 0. The molecule has 4 heavy (non-hydrogen) atoms. The average Bonchev–Trinajstić information content (AvgIpc) is 1.00. The summed E-state index contributed by atoms with van der Waals surface area (Å²) in [5.74, 6) is 0. The van der Waals surface area contributed by atoms with E-state index in [2.05, 4.69) is 28.4 Å². The summed E-state index contributed by atoms with van der Waals surface area (Å²) >= 11 is 4.50. The Labute approximate surface area is 62.3 Å². The molecule has 0 saturated carbocycles. The van der Waals surface area contributed by atoms with Crippen molar-refractivity contribution in [1.82, 2.24) is 0 Å². The molecule has 0 N–H and O–H groups in total. The molecule has 0 fully saturated rings. The van der Waals surface area contributed by atoms with Crippen LogP contribution >= 0.6 is 0 Å². The van der Waals surface area contributed by atoms with Gasteiger partial charge in [0.15, 0.2) is 17.4 Å². The van der Waals surface area contributed by atoms with Gasteiger partial charge in [-0.15, -0.1) is 0 Å². The summed E-state index contributed by atoms with van der Waals surface area (Å²) in [6.07, 6.45) is 0. The fourth-order valence-corrected chi connectivity index (χ4v) is 0. The quantitative estimate of drug-likeness (QED) is 0.419. The van der Waals surface area contributed by atoms with E-state index in [9.17, 15) is 0 Å². The van der Waals surface area contributed by atoms with E-state index < -0.39 is 0 Å². The van der Waals surface area contributed by atoms with Crippen molar-refractivity contribution in [1.29, 1.82) is 0 Å². The summed E-state index contributed by atoms with van der Waals surface area (Å²) < 4.78 is 0. The van der Waals surface area contributed by atoms with Crippen LogP contribution in [0.3, 0.4) is 0 Å². The number of rotatable bonds is 0. The monoisotopic (exact) mass is 255 g/mol.